The van der Waals surface area contributed by atoms with E-state index in [-0.39, 0.29) is 11.5 Å². The van der Waals surface area contributed by atoms with Crippen molar-refractivity contribution in [2.45, 2.75) is 6.54 Å². The molecule has 1 N–H and O–H groups in total. The maximum Gasteiger partial charge on any atom is 0.256 e. The lowest BCUT2D eigenvalue weighted by molar-refractivity contribution is 0.102. The van der Waals surface area contributed by atoms with Gasteiger partial charge in [0.1, 0.15) is 11.6 Å². The molecule has 0 bridgehead atoms. The van der Waals surface area contributed by atoms with Crippen LogP contribution in [0, 0.1) is 5.82 Å². The van der Waals surface area contributed by atoms with Gasteiger partial charge in [0.25, 0.3) is 5.91 Å². The zero-order valence-electron chi connectivity index (χ0n) is 11.0. The minimum atomic E-state index is -0.435. The Morgan fingerprint density at radius 3 is 2.95 bits per heavy atom. The fraction of sp³-hybridized carbons (Fsp3) is 0.0667. The van der Waals surface area contributed by atoms with E-state index in [2.05, 4.69) is 10.4 Å². The highest BCUT2D eigenvalue weighted by molar-refractivity contribution is 7.09. The molecule has 106 valence electrons. The van der Waals surface area contributed by atoms with Gasteiger partial charge >= 0.3 is 0 Å². The standard InChI is InChI=1S/C15H12FN3OS/c16-12-4-1-3-11(9-12)15(20)18-14-6-7-17-19(14)10-13-5-2-8-21-13/h1-9H,10H2,(H,18,20). The van der Waals surface area contributed by atoms with Crippen molar-refractivity contribution in [2.24, 2.45) is 0 Å². The molecule has 2 aromatic heterocycles. The molecule has 2 heterocycles. The summed E-state index contributed by atoms with van der Waals surface area (Å²) < 4.78 is 14.8. The fourth-order valence-electron chi connectivity index (χ4n) is 1.93. The van der Waals surface area contributed by atoms with Gasteiger partial charge in [0.2, 0.25) is 0 Å². The van der Waals surface area contributed by atoms with Crippen molar-refractivity contribution >= 4 is 23.1 Å². The van der Waals surface area contributed by atoms with Gasteiger partial charge in [-0.1, -0.05) is 12.1 Å². The molecule has 3 rings (SSSR count). The second-order valence-corrected chi connectivity index (χ2v) is 5.45. The van der Waals surface area contributed by atoms with E-state index in [0.717, 1.165) is 4.88 Å². The lowest BCUT2D eigenvalue weighted by Gasteiger charge is -2.08. The molecule has 6 heteroatoms. The summed E-state index contributed by atoms with van der Waals surface area (Å²) >= 11 is 1.62. The predicted octanol–water partition coefficient (Wildman–Crippen LogP) is 3.38. The Labute approximate surface area is 124 Å². The van der Waals surface area contributed by atoms with E-state index in [1.165, 1.54) is 18.2 Å². The molecule has 0 aliphatic carbocycles. The Kier molecular flexibility index (Phi) is 3.79. The van der Waals surface area contributed by atoms with E-state index < -0.39 is 5.82 Å². The Balaban J connectivity index is 1.76. The summed E-state index contributed by atoms with van der Waals surface area (Å²) in [6.45, 7) is 0.587. The van der Waals surface area contributed by atoms with E-state index in [9.17, 15) is 9.18 Å². The van der Waals surface area contributed by atoms with Crippen LogP contribution in [0.4, 0.5) is 10.2 Å². The number of carbonyl (C=O) groups is 1. The fourth-order valence-corrected chi connectivity index (χ4v) is 2.62. The summed E-state index contributed by atoms with van der Waals surface area (Å²) in [6, 6.07) is 11.3. The number of nitrogens with zero attached hydrogens (tertiary/aromatic N) is 2. The summed E-state index contributed by atoms with van der Waals surface area (Å²) in [5.41, 5.74) is 0.277. The average molecular weight is 301 g/mol. The molecule has 21 heavy (non-hydrogen) atoms. The van der Waals surface area contributed by atoms with Crippen LogP contribution in [-0.2, 0) is 6.54 Å². The van der Waals surface area contributed by atoms with Gasteiger partial charge in [-0.25, -0.2) is 9.07 Å². The van der Waals surface area contributed by atoms with Gasteiger partial charge < -0.3 is 5.32 Å². The number of hydrogen-bond acceptors (Lipinski definition) is 3. The van der Waals surface area contributed by atoms with Crippen LogP contribution in [0.25, 0.3) is 0 Å². The van der Waals surface area contributed by atoms with Gasteiger partial charge in [0, 0.05) is 16.5 Å². The Hall–Kier alpha value is -2.47. The molecule has 0 aliphatic rings. The second kappa shape index (κ2) is 5.88. The molecular formula is C15H12FN3OS. The number of halogens is 1. The van der Waals surface area contributed by atoms with Crippen molar-refractivity contribution in [1.82, 2.24) is 9.78 Å². The minimum absolute atomic E-state index is 0.277. The second-order valence-electron chi connectivity index (χ2n) is 4.42. The molecule has 0 saturated carbocycles. The van der Waals surface area contributed by atoms with E-state index in [0.29, 0.717) is 12.4 Å². The number of rotatable bonds is 4. The zero-order chi connectivity index (χ0) is 14.7. The first-order valence-electron chi connectivity index (χ1n) is 6.33. The van der Waals surface area contributed by atoms with E-state index >= 15 is 0 Å². The van der Waals surface area contributed by atoms with Gasteiger partial charge in [-0.05, 0) is 29.6 Å². The number of nitrogens with one attached hydrogen (secondary N) is 1. The van der Waals surface area contributed by atoms with E-state index in [1.54, 1.807) is 34.3 Å². The number of hydrogen-bond donors (Lipinski definition) is 1. The molecule has 4 nitrogen and oxygen atoms in total. The van der Waals surface area contributed by atoms with Crippen LogP contribution in [0.2, 0.25) is 0 Å². The summed E-state index contributed by atoms with van der Waals surface area (Å²) in [7, 11) is 0. The molecule has 0 atom stereocenters. The molecule has 1 aromatic carbocycles. The SMILES string of the molecule is O=C(Nc1ccnn1Cc1cccs1)c1cccc(F)c1. The van der Waals surface area contributed by atoms with Crippen LogP contribution in [-0.4, -0.2) is 15.7 Å². The summed E-state index contributed by atoms with van der Waals surface area (Å²) in [5, 5.41) is 8.93. The predicted molar refractivity (Wildman–Crippen MR) is 80.0 cm³/mol. The molecule has 0 spiro atoms. The summed E-state index contributed by atoms with van der Waals surface area (Å²) in [5.74, 6) is -0.213. The minimum Gasteiger partial charge on any atom is -0.307 e. The largest absolute Gasteiger partial charge is 0.307 e. The Bertz CT molecular complexity index is 752. The summed E-state index contributed by atoms with van der Waals surface area (Å²) in [4.78, 5) is 13.2. The third-order valence-electron chi connectivity index (χ3n) is 2.93. The molecule has 0 radical (unpaired) electrons. The van der Waals surface area contributed by atoms with Gasteiger partial charge in [0.15, 0.2) is 0 Å². The van der Waals surface area contributed by atoms with Gasteiger partial charge in [0.05, 0.1) is 12.7 Å². The highest BCUT2D eigenvalue weighted by Crippen LogP contribution is 2.15. The van der Waals surface area contributed by atoms with Crippen LogP contribution < -0.4 is 5.32 Å². The van der Waals surface area contributed by atoms with Crippen LogP contribution in [0.5, 0.6) is 0 Å². The lowest BCUT2D eigenvalue weighted by atomic mass is 10.2. The number of benzene rings is 1. The maximum atomic E-state index is 13.1. The van der Waals surface area contributed by atoms with E-state index in [1.807, 2.05) is 17.5 Å². The van der Waals surface area contributed by atoms with E-state index in [4.69, 9.17) is 0 Å². The molecule has 3 aromatic rings. The number of amides is 1. The first-order chi connectivity index (χ1) is 10.2. The summed E-state index contributed by atoms with van der Waals surface area (Å²) in [6.07, 6.45) is 1.62. The normalized spacial score (nSPS) is 10.5. The Morgan fingerprint density at radius 1 is 1.29 bits per heavy atom. The van der Waals surface area contributed by atoms with Crippen LogP contribution in [0.3, 0.4) is 0 Å². The zero-order valence-corrected chi connectivity index (χ0v) is 11.8. The number of carbonyl (C=O) groups excluding carboxylic acids is 1. The number of anilines is 1. The first kappa shape index (κ1) is 13.5. The van der Waals surface area contributed by atoms with Crippen LogP contribution in [0.1, 0.15) is 15.2 Å². The van der Waals surface area contributed by atoms with Gasteiger partial charge in [-0.15, -0.1) is 11.3 Å². The van der Waals surface area contributed by atoms with Gasteiger partial charge in [-0.3, -0.25) is 4.79 Å². The van der Waals surface area contributed by atoms with Crippen molar-refractivity contribution in [3.8, 4) is 0 Å². The highest BCUT2D eigenvalue weighted by atomic mass is 32.1. The number of thiophene rings is 1. The Morgan fingerprint density at radius 2 is 2.19 bits per heavy atom. The van der Waals surface area contributed by atoms with Crippen molar-refractivity contribution in [3.05, 3.63) is 70.3 Å². The van der Waals surface area contributed by atoms with Crippen molar-refractivity contribution in [3.63, 3.8) is 0 Å². The molecule has 0 unspecified atom stereocenters. The topological polar surface area (TPSA) is 46.9 Å². The quantitative estimate of drug-likeness (QED) is 0.803. The molecule has 0 aliphatic heterocycles. The average Bonchev–Trinajstić information content (AvgIpc) is 3.12. The number of aromatic nitrogens is 2. The third kappa shape index (κ3) is 3.17. The molecule has 0 fully saturated rings. The molecule has 1 amide bonds. The lowest BCUT2D eigenvalue weighted by Crippen LogP contribution is -2.16. The third-order valence-corrected chi connectivity index (χ3v) is 3.79. The monoisotopic (exact) mass is 301 g/mol. The van der Waals surface area contributed by atoms with Crippen LogP contribution >= 0.6 is 11.3 Å². The smallest absolute Gasteiger partial charge is 0.256 e. The van der Waals surface area contributed by atoms with Gasteiger partial charge in [-0.2, -0.15) is 5.10 Å². The maximum absolute atomic E-state index is 13.1. The van der Waals surface area contributed by atoms with Crippen molar-refractivity contribution in [2.75, 3.05) is 5.32 Å². The highest BCUT2D eigenvalue weighted by Gasteiger charge is 2.10. The van der Waals surface area contributed by atoms with Crippen molar-refractivity contribution < 1.29 is 9.18 Å². The molecule has 0 saturated heterocycles. The molecular weight excluding hydrogens is 289 g/mol. The van der Waals surface area contributed by atoms with Crippen LogP contribution in [0.15, 0.2) is 54.0 Å². The first-order valence-corrected chi connectivity index (χ1v) is 7.21. The van der Waals surface area contributed by atoms with Crippen molar-refractivity contribution in [1.29, 1.82) is 0 Å².